The molecule has 0 amide bonds. The zero-order valence-electron chi connectivity index (χ0n) is 17.0. The van der Waals surface area contributed by atoms with Gasteiger partial charge in [0.1, 0.15) is 0 Å². The summed E-state index contributed by atoms with van der Waals surface area (Å²) >= 11 is 2.45. The first-order valence-corrected chi connectivity index (χ1v) is 11.8. The highest BCUT2D eigenvalue weighted by Crippen LogP contribution is 2.26. The Labute approximate surface area is 195 Å². The molecule has 0 aliphatic carbocycles. The van der Waals surface area contributed by atoms with E-state index in [0.29, 0.717) is 11.0 Å². The van der Waals surface area contributed by atoms with Crippen molar-refractivity contribution in [2.45, 2.75) is 0 Å². The molecule has 0 saturated heterocycles. The van der Waals surface area contributed by atoms with E-state index in [4.69, 9.17) is 0 Å². The van der Waals surface area contributed by atoms with Crippen LogP contribution in [0.5, 0.6) is 0 Å². The van der Waals surface area contributed by atoms with Gasteiger partial charge in [-0.2, -0.15) is 0 Å². The van der Waals surface area contributed by atoms with Crippen LogP contribution < -0.4 is 22.2 Å². The van der Waals surface area contributed by atoms with Gasteiger partial charge in [0.2, 0.25) is 10.3 Å². The fourth-order valence-corrected chi connectivity index (χ4v) is 6.16. The fourth-order valence-electron chi connectivity index (χ4n) is 4.23. The molecule has 8 nitrogen and oxygen atoms in total. The zero-order chi connectivity index (χ0) is 23.1. The normalized spacial score (nSPS) is 12.0. The number of aromatic nitrogens is 4. The van der Waals surface area contributed by atoms with Crippen molar-refractivity contribution >= 4 is 64.7 Å². The number of thiazole rings is 2. The largest absolute Gasteiger partial charge is 0.268 e. The number of hydrogen-bond donors (Lipinski definition) is 0. The first-order chi connectivity index (χ1) is 16.5. The van der Waals surface area contributed by atoms with Crippen LogP contribution in [0.15, 0.2) is 79.8 Å². The van der Waals surface area contributed by atoms with Gasteiger partial charge < -0.3 is 0 Å². The monoisotopic (exact) mass is 482 g/mol. The van der Waals surface area contributed by atoms with Crippen molar-refractivity contribution in [1.29, 1.82) is 0 Å². The first-order valence-electron chi connectivity index (χ1n) is 10.2. The second kappa shape index (κ2) is 6.62. The molecule has 34 heavy (non-hydrogen) atoms. The summed E-state index contributed by atoms with van der Waals surface area (Å²) in [5.41, 5.74) is -0.918. The van der Waals surface area contributed by atoms with E-state index < -0.39 is 22.2 Å². The third-order valence-electron chi connectivity index (χ3n) is 5.84. The molecular weight excluding hydrogens is 472 g/mol. The molecule has 10 heteroatoms. The maximum Gasteiger partial charge on any atom is 0.268 e. The lowest BCUT2D eigenvalue weighted by molar-refractivity contribution is 0.975. The summed E-state index contributed by atoms with van der Waals surface area (Å²) in [5, 5.41) is 0.818. The quantitative estimate of drug-likeness (QED) is 0.375. The van der Waals surface area contributed by atoms with Crippen molar-refractivity contribution in [1.82, 2.24) is 19.1 Å². The molecule has 0 bridgehead atoms. The molecule has 4 heterocycles. The van der Waals surface area contributed by atoms with Crippen molar-refractivity contribution < 1.29 is 0 Å². The van der Waals surface area contributed by atoms with Crippen LogP contribution in [0.4, 0.5) is 0 Å². The number of fused-ring (bicyclic) bond motifs is 4. The van der Waals surface area contributed by atoms with Crippen molar-refractivity contribution in [2.75, 3.05) is 0 Å². The summed E-state index contributed by atoms with van der Waals surface area (Å²) in [6, 6.07) is 17.4. The molecule has 4 aromatic heterocycles. The molecule has 7 aromatic rings. The van der Waals surface area contributed by atoms with Crippen molar-refractivity contribution in [3.63, 3.8) is 0 Å². The van der Waals surface area contributed by atoms with Crippen LogP contribution in [-0.4, -0.2) is 19.1 Å². The van der Waals surface area contributed by atoms with Gasteiger partial charge in [-0.1, -0.05) is 46.9 Å². The predicted molar refractivity (Wildman–Crippen MR) is 134 cm³/mol. The van der Waals surface area contributed by atoms with E-state index in [1.807, 2.05) is 36.4 Å². The molecule has 0 spiro atoms. The number of rotatable bonds is 2. The Hall–Kier alpha value is -4.28. The average Bonchev–Trinajstić information content (AvgIpc) is 3.56. The molecule has 0 unspecified atom stereocenters. The Morgan fingerprint density at radius 3 is 1.24 bits per heavy atom. The zero-order valence-corrected chi connectivity index (χ0v) is 18.6. The summed E-state index contributed by atoms with van der Waals surface area (Å²) in [6.07, 6.45) is 0. The number of benzene rings is 3. The Bertz CT molecular complexity index is 1880. The number of hydrogen-bond acceptors (Lipinski definition) is 8. The van der Waals surface area contributed by atoms with Gasteiger partial charge in [-0.3, -0.25) is 19.2 Å². The lowest BCUT2D eigenvalue weighted by Crippen LogP contribution is -2.23. The molecular formula is C24H10N4O4S2. The van der Waals surface area contributed by atoms with Crippen molar-refractivity contribution in [2.24, 2.45) is 0 Å². The lowest BCUT2D eigenvalue weighted by atomic mass is 10.1. The first kappa shape index (κ1) is 19.2. The lowest BCUT2D eigenvalue weighted by Gasteiger charge is -1.91. The van der Waals surface area contributed by atoms with Crippen LogP contribution in [0.2, 0.25) is 0 Å². The van der Waals surface area contributed by atoms with Gasteiger partial charge in [-0.05, 0) is 36.4 Å². The fraction of sp³-hybridized carbons (Fsp3) is 0. The minimum absolute atomic E-state index is 0.0790. The summed E-state index contributed by atoms with van der Waals surface area (Å²) in [4.78, 5) is 61.6. The standard InChI is InChI=1S/C24H10N4O4S2/c29-19-11-9-13-14(22(32)28(21(13)31)24-26-16-6-2-4-8-18(16)34-24)10-12(11)20(30)27(19)23-25-15-5-1-3-7-17(15)33-23/h1-10H. The highest BCUT2D eigenvalue weighted by atomic mass is 32.1. The Morgan fingerprint density at radius 2 is 0.882 bits per heavy atom. The van der Waals surface area contributed by atoms with Crippen molar-refractivity contribution in [3.8, 4) is 10.3 Å². The second-order valence-electron chi connectivity index (χ2n) is 7.76. The van der Waals surface area contributed by atoms with E-state index in [-0.39, 0.29) is 31.8 Å². The van der Waals surface area contributed by atoms with Crippen molar-refractivity contribution in [3.05, 3.63) is 102 Å². The second-order valence-corrected chi connectivity index (χ2v) is 9.78. The Kier molecular flexibility index (Phi) is 3.74. The molecule has 7 rings (SSSR count). The van der Waals surface area contributed by atoms with Crippen LogP contribution in [0.3, 0.4) is 0 Å². The highest BCUT2D eigenvalue weighted by Gasteiger charge is 2.23. The molecule has 0 saturated carbocycles. The smallest absolute Gasteiger partial charge is 0.268 e. The van der Waals surface area contributed by atoms with Gasteiger partial charge in [-0.15, -0.1) is 0 Å². The summed E-state index contributed by atoms with van der Waals surface area (Å²) in [7, 11) is 0. The van der Waals surface area contributed by atoms with Gasteiger partial charge >= 0.3 is 0 Å². The topological polar surface area (TPSA) is 104 Å². The van der Waals surface area contributed by atoms with Gasteiger partial charge in [0.15, 0.2) is 0 Å². The van der Waals surface area contributed by atoms with E-state index in [1.165, 1.54) is 34.8 Å². The van der Waals surface area contributed by atoms with Crippen LogP contribution >= 0.6 is 22.7 Å². The van der Waals surface area contributed by atoms with E-state index in [2.05, 4.69) is 9.97 Å². The molecule has 0 aliphatic heterocycles. The van der Waals surface area contributed by atoms with Gasteiger partial charge in [0, 0.05) is 0 Å². The molecule has 162 valence electrons. The van der Waals surface area contributed by atoms with Gasteiger partial charge in [0.25, 0.3) is 22.2 Å². The van der Waals surface area contributed by atoms with E-state index in [9.17, 15) is 19.2 Å². The molecule has 3 aromatic carbocycles. The average molecular weight is 483 g/mol. The third-order valence-corrected chi connectivity index (χ3v) is 7.88. The van der Waals surface area contributed by atoms with Crippen LogP contribution in [0.25, 0.3) is 52.2 Å². The van der Waals surface area contributed by atoms with Gasteiger partial charge in [0.05, 0.1) is 42.0 Å². The molecule has 0 N–H and O–H groups in total. The maximum atomic E-state index is 13.2. The van der Waals surface area contributed by atoms with Crippen LogP contribution in [-0.2, 0) is 0 Å². The summed E-state index contributed by atoms with van der Waals surface area (Å²) in [6.45, 7) is 0. The predicted octanol–water partition coefficient (Wildman–Crippen LogP) is 3.11. The van der Waals surface area contributed by atoms with Crippen LogP contribution in [0.1, 0.15) is 0 Å². The number of nitrogens with zero attached hydrogens (tertiary/aromatic N) is 4. The van der Waals surface area contributed by atoms with E-state index in [0.717, 1.165) is 18.5 Å². The Balaban J connectivity index is 1.51. The molecule has 0 aliphatic rings. The molecule has 0 radical (unpaired) electrons. The SMILES string of the molecule is O=c1c2cc3c(=O)n(-c4nc5ccccc5s4)c(=O)c3cc2c(=O)n1-c1nc2ccccc2s1. The summed E-state index contributed by atoms with van der Waals surface area (Å²) < 4.78 is 3.69. The molecule has 0 fully saturated rings. The van der Waals surface area contributed by atoms with Gasteiger partial charge in [-0.25, -0.2) is 19.1 Å². The minimum atomic E-state index is -0.569. The number of para-hydroxylation sites is 2. The molecule has 0 atom stereocenters. The maximum absolute atomic E-state index is 13.2. The van der Waals surface area contributed by atoms with E-state index in [1.54, 1.807) is 12.1 Å². The Morgan fingerprint density at radius 1 is 0.529 bits per heavy atom. The highest BCUT2D eigenvalue weighted by molar-refractivity contribution is 7.21. The third kappa shape index (κ3) is 2.46. The minimum Gasteiger partial charge on any atom is -0.268 e. The van der Waals surface area contributed by atoms with Crippen LogP contribution in [0, 0.1) is 0 Å². The summed E-state index contributed by atoms with van der Waals surface area (Å²) in [5.74, 6) is 0. The van der Waals surface area contributed by atoms with E-state index >= 15 is 0 Å².